The van der Waals surface area contributed by atoms with Crippen LogP contribution in [0.4, 0.5) is 10.2 Å². The number of hydrogen-bond donors (Lipinski definition) is 1. The molecule has 2 rings (SSSR count). The van der Waals surface area contributed by atoms with Crippen LogP contribution in [-0.2, 0) is 6.54 Å². The first-order valence-electron chi connectivity index (χ1n) is 4.66. The number of rotatable bonds is 2. The van der Waals surface area contributed by atoms with Crippen molar-refractivity contribution in [1.29, 1.82) is 5.26 Å². The number of nitrogens with two attached hydrogens (primary N) is 1. The molecular weight excluding hydrogens is 207 g/mol. The number of halogens is 1. The molecule has 2 N–H and O–H groups in total. The van der Waals surface area contributed by atoms with Crippen LogP contribution < -0.4 is 5.73 Å². The first-order chi connectivity index (χ1) is 7.69. The lowest BCUT2D eigenvalue weighted by Gasteiger charge is -2.02. The highest BCUT2D eigenvalue weighted by Crippen LogP contribution is 2.10. The van der Waals surface area contributed by atoms with Gasteiger partial charge in [-0.15, -0.1) is 0 Å². The third-order valence-electron chi connectivity index (χ3n) is 2.16. The molecule has 0 fully saturated rings. The highest BCUT2D eigenvalue weighted by molar-refractivity contribution is 5.33. The van der Waals surface area contributed by atoms with Crippen LogP contribution in [0.15, 0.2) is 30.5 Å². The lowest BCUT2D eigenvalue weighted by molar-refractivity contribution is 0.616. The van der Waals surface area contributed by atoms with Gasteiger partial charge in [0.1, 0.15) is 17.7 Å². The van der Waals surface area contributed by atoms with E-state index in [1.165, 1.54) is 12.1 Å². The predicted molar refractivity (Wildman–Crippen MR) is 56.9 cm³/mol. The summed E-state index contributed by atoms with van der Waals surface area (Å²) in [6, 6.07) is 7.92. The second-order valence-electron chi connectivity index (χ2n) is 3.36. The maximum Gasteiger partial charge on any atom is 0.145 e. The van der Waals surface area contributed by atoms with Crippen molar-refractivity contribution in [3.63, 3.8) is 0 Å². The molecule has 0 spiro atoms. The van der Waals surface area contributed by atoms with E-state index in [0.717, 1.165) is 5.56 Å². The van der Waals surface area contributed by atoms with Crippen molar-refractivity contribution in [1.82, 2.24) is 9.78 Å². The molecule has 0 atom stereocenters. The Morgan fingerprint density at radius 3 is 2.81 bits per heavy atom. The molecule has 0 aliphatic carbocycles. The summed E-state index contributed by atoms with van der Waals surface area (Å²) in [6.07, 6.45) is 1.71. The van der Waals surface area contributed by atoms with Gasteiger partial charge in [-0.05, 0) is 23.8 Å². The molecule has 0 saturated carbocycles. The molecular formula is C11H9FN4. The van der Waals surface area contributed by atoms with E-state index in [2.05, 4.69) is 5.10 Å². The maximum atomic E-state index is 13.3. The van der Waals surface area contributed by atoms with E-state index in [9.17, 15) is 4.39 Å². The lowest BCUT2D eigenvalue weighted by atomic mass is 10.1. The summed E-state index contributed by atoms with van der Waals surface area (Å²) < 4.78 is 14.9. The van der Waals surface area contributed by atoms with E-state index in [0.29, 0.717) is 12.4 Å². The Balaban J connectivity index is 2.23. The zero-order chi connectivity index (χ0) is 11.5. The number of aromatic nitrogens is 2. The summed E-state index contributed by atoms with van der Waals surface area (Å²) in [7, 11) is 0. The Kier molecular flexibility index (Phi) is 2.56. The van der Waals surface area contributed by atoms with Gasteiger partial charge in [-0.2, -0.15) is 10.4 Å². The number of nitriles is 1. The Hall–Kier alpha value is -2.35. The number of nitrogens with zero attached hydrogens (tertiary/aromatic N) is 3. The normalized spacial score (nSPS) is 10.0. The summed E-state index contributed by atoms with van der Waals surface area (Å²) in [5.74, 6) is -0.0887. The third-order valence-corrected chi connectivity index (χ3v) is 2.16. The van der Waals surface area contributed by atoms with Gasteiger partial charge in [0.25, 0.3) is 0 Å². The Bertz CT molecular complexity index is 553. The van der Waals surface area contributed by atoms with E-state index in [4.69, 9.17) is 11.0 Å². The monoisotopic (exact) mass is 216 g/mol. The molecule has 0 aliphatic rings. The Labute approximate surface area is 91.7 Å². The average molecular weight is 216 g/mol. The lowest BCUT2D eigenvalue weighted by Crippen LogP contribution is -2.02. The van der Waals surface area contributed by atoms with E-state index < -0.39 is 5.82 Å². The van der Waals surface area contributed by atoms with Gasteiger partial charge in [0.05, 0.1) is 12.1 Å². The fourth-order valence-corrected chi connectivity index (χ4v) is 1.40. The van der Waals surface area contributed by atoms with Gasteiger partial charge < -0.3 is 5.73 Å². The van der Waals surface area contributed by atoms with Crippen LogP contribution in [0.25, 0.3) is 0 Å². The van der Waals surface area contributed by atoms with Crippen molar-refractivity contribution >= 4 is 5.82 Å². The number of anilines is 1. The molecule has 2 aromatic rings. The minimum atomic E-state index is -0.514. The van der Waals surface area contributed by atoms with E-state index in [-0.39, 0.29) is 5.56 Å². The van der Waals surface area contributed by atoms with Crippen molar-refractivity contribution < 1.29 is 4.39 Å². The molecule has 1 aromatic heterocycles. The SMILES string of the molecule is N#Cc1ccc(Cn2ccc(N)n2)cc1F. The molecule has 0 saturated heterocycles. The topological polar surface area (TPSA) is 67.6 Å². The Morgan fingerprint density at radius 2 is 2.25 bits per heavy atom. The standard InChI is InChI=1S/C11H9FN4/c12-10-5-8(1-2-9(10)6-13)7-16-4-3-11(14)15-16/h1-5H,7H2,(H2,14,15). The minimum absolute atomic E-state index is 0.0451. The van der Waals surface area contributed by atoms with Crippen molar-refractivity contribution in [2.45, 2.75) is 6.54 Å². The molecule has 1 heterocycles. The smallest absolute Gasteiger partial charge is 0.145 e. The van der Waals surface area contributed by atoms with Crippen LogP contribution in [-0.4, -0.2) is 9.78 Å². The summed E-state index contributed by atoms with van der Waals surface area (Å²) in [6.45, 7) is 0.430. The quantitative estimate of drug-likeness (QED) is 0.827. The molecule has 16 heavy (non-hydrogen) atoms. The van der Waals surface area contributed by atoms with Crippen molar-refractivity contribution in [3.05, 3.63) is 47.4 Å². The predicted octanol–water partition coefficient (Wildman–Crippen LogP) is 1.52. The fraction of sp³-hybridized carbons (Fsp3) is 0.0909. The molecule has 80 valence electrons. The summed E-state index contributed by atoms with van der Waals surface area (Å²) >= 11 is 0. The Morgan fingerprint density at radius 1 is 1.44 bits per heavy atom. The number of nitrogen functional groups attached to an aromatic ring is 1. The zero-order valence-corrected chi connectivity index (χ0v) is 8.39. The molecule has 0 bridgehead atoms. The molecule has 0 amide bonds. The van der Waals surface area contributed by atoms with Crippen molar-refractivity contribution in [3.8, 4) is 6.07 Å². The van der Waals surface area contributed by atoms with Crippen molar-refractivity contribution in [2.24, 2.45) is 0 Å². The maximum absolute atomic E-state index is 13.3. The fourth-order valence-electron chi connectivity index (χ4n) is 1.40. The van der Waals surface area contributed by atoms with Gasteiger partial charge in [0.2, 0.25) is 0 Å². The van der Waals surface area contributed by atoms with Gasteiger partial charge in [-0.25, -0.2) is 4.39 Å². The van der Waals surface area contributed by atoms with Gasteiger partial charge in [0.15, 0.2) is 0 Å². The molecule has 4 nitrogen and oxygen atoms in total. The summed E-state index contributed by atoms with van der Waals surface area (Å²) in [5, 5.41) is 12.6. The van der Waals surface area contributed by atoms with E-state index >= 15 is 0 Å². The molecule has 0 radical (unpaired) electrons. The van der Waals surface area contributed by atoms with Crippen LogP contribution >= 0.6 is 0 Å². The van der Waals surface area contributed by atoms with Gasteiger partial charge in [0, 0.05) is 6.20 Å². The highest BCUT2D eigenvalue weighted by atomic mass is 19.1. The van der Waals surface area contributed by atoms with Crippen LogP contribution in [0.5, 0.6) is 0 Å². The molecule has 0 aliphatic heterocycles. The highest BCUT2D eigenvalue weighted by Gasteiger charge is 2.03. The van der Waals surface area contributed by atoms with E-state index in [1.54, 1.807) is 29.1 Å². The second-order valence-corrected chi connectivity index (χ2v) is 3.36. The number of benzene rings is 1. The van der Waals surface area contributed by atoms with Gasteiger partial charge in [-0.1, -0.05) is 6.07 Å². The minimum Gasteiger partial charge on any atom is -0.382 e. The van der Waals surface area contributed by atoms with Crippen LogP contribution in [0.1, 0.15) is 11.1 Å². The largest absolute Gasteiger partial charge is 0.382 e. The molecule has 1 aromatic carbocycles. The summed E-state index contributed by atoms with van der Waals surface area (Å²) in [4.78, 5) is 0. The third kappa shape index (κ3) is 2.01. The van der Waals surface area contributed by atoms with Crippen LogP contribution in [0, 0.1) is 17.1 Å². The first-order valence-corrected chi connectivity index (χ1v) is 4.66. The van der Waals surface area contributed by atoms with Crippen molar-refractivity contribution in [2.75, 3.05) is 5.73 Å². The number of hydrogen-bond acceptors (Lipinski definition) is 3. The van der Waals surface area contributed by atoms with Gasteiger partial charge >= 0.3 is 0 Å². The zero-order valence-electron chi connectivity index (χ0n) is 8.39. The summed E-state index contributed by atoms with van der Waals surface area (Å²) in [5.41, 5.74) is 6.24. The van der Waals surface area contributed by atoms with Crippen LogP contribution in [0.2, 0.25) is 0 Å². The average Bonchev–Trinajstić information content (AvgIpc) is 2.64. The first kappa shape index (κ1) is 10.2. The second kappa shape index (κ2) is 4.03. The molecule has 5 heteroatoms. The van der Waals surface area contributed by atoms with Gasteiger partial charge in [-0.3, -0.25) is 4.68 Å². The van der Waals surface area contributed by atoms with Crippen LogP contribution in [0.3, 0.4) is 0 Å². The molecule has 0 unspecified atom stereocenters. The van der Waals surface area contributed by atoms with E-state index in [1.807, 2.05) is 0 Å².